The van der Waals surface area contributed by atoms with Gasteiger partial charge in [-0.15, -0.1) is 0 Å². The maximum Gasteiger partial charge on any atom is 0.339 e. The summed E-state index contributed by atoms with van der Waals surface area (Å²) in [6.45, 7) is 1.12. The highest BCUT2D eigenvalue weighted by Crippen LogP contribution is 2.17. The highest BCUT2D eigenvalue weighted by atomic mass is 19.1. The number of ketones is 1. The Labute approximate surface area is 167 Å². The van der Waals surface area contributed by atoms with E-state index in [9.17, 15) is 18.8 Å². The smallest absolute Gasteiger partial charge is 0.339 e. The van der Waals surface area contributed by atoms with E-state index in [4.69, 9.17) is 4.74 Å². The molecule has 0 aliphatic rings. The molecule has 146 valence electrons. The number of amides is 1. The second-order valence-corrected chi connectivity index (χ2v) is 6.35. The molecule has 0 heterocycles. The molecule has 6 heteroatoms. The third-order valence-corrected chi connectivity index (χ3v) is 4.16. The summed E-state index contributed by atoms with van der Waals surface area (Å²) < 4.78 is 18.8. The fourth-order valence-electron chi connectivity index (χ4n) is 2.72. The number of carbonyl (C=O) groups is 3. The van der Waals surface area contributed by atoms with Crippen molar-refractivity contribution in [3.05, 3.63) is 101 Å². The summed E-state index contributed by atoms with van der Waals surface area (Å²) in [4.78, 5) is 37.1. The van der Waals surface area contributed by atoms with Gasteiger partial charge in [0.15, 0.2) is 12.4 Å². The zero-order valence-corrected chi connectivity index (χ0v) is 15.6. The molecular weight excluding hydrogens is 373 g/mol. The minimum absolute atomic E-state index is 0.00342. The van der Waals surface area contributed by atoms with E-state index in [1.54, 1.807) is 55.5 Å². The lowest BCUT2D eigenvalue weighted by Gasteiger charge is -2.10. The number of aryl methyl sites for hydroxylation is 1. The number of nitrogens with one attached hydrogen (secondary N) is 1. The molecule has 1 amide bonds. The summed E-state index contributed by atoms with van der Waals surface area (Å²) in [7, 11) is 0. The van der Waals surface area contributed by atoms with Crippen LogP contribution in [0.4, 0.5) is 10.1 Å². The first-order valence-electron chi connectivity index (χ1n) is 8.87. The molecule has 0 aliphatic carbocycles. The normalized spacial score (nSPS) is 10.3. The number of carbonyl (C=O) groups excluding carboxylic acids is 3. The van der Waals surface area contributed by atoms with Crippen molar-refractivity contribution in [2.45, 2.75) is 6.92 Å². The Hall–Kier alpha value is -3.80. The zero-order valence-electron chi connectivity index (χ0n) is 15.6. The van der Waals surface area contributed by atoms with Crippen LogP contribution in [0, 0.1) is 12.7 Å². The number of esters is 1. The van der Waals surface area contributed by atoms with Gasteiger partial charge >= 0.3 is 5.97 Å². The van der Waals surface area contributed by atoms with Gasteiger partial charge in [-0.1, -0.05) is 54.6 Å². The van der Waals surface area contributed by atoms with E-state index in [1.807, 2.05) is 0 Å². The Morgan fingerprint density at radius 2 is 1.55 bits per heavy atom. The second-order valence-electron chi connectivity index (χ2n) is 6.35. The summed E-state index contributed by atoms with van der Waals surface area (Å²) in [5.74, 6) is -2.41. The first-order valence-corrected chi connectivity index (χ1v) is 8.87. The van der Waals surface area contributed by atoms with E-state index in [-0.39, 0.29) is 22.6 Å². The molecule has 0 saturated carbocycles. The number of anilines is 1. The summed E-state index contributed by atoms with van der Waals surface area (Å²) in [5, 5.41) is 2.35. The lowest BCUT2D eigenvalue weighted by Crippen LogP contribution is -2.22. The molecule has 1 N–H and O–H groups in total. The summed E-state index contributed by atoms with van der Waals surface area (Å²) >= 11 is 0. The SMILES string of the molecule is Cc1ccc(NC(=O)COC(=O)c2ccccc2C(=O)c2ccccc2)c(F)c1. The van der Waals surface area contributed by atoms with Crippen LogP contribution in [-0.4, -0.2) is 24.3 Å². The fraction of sp³-hybridized carbons (Fsp3) is 0.0870. The van der Waals surface area contributed by atoms with Gasteiger partial charge in [-0.2, -0.15) is 0 Å². The number of ether oxygens (including phenoxy) is 1. The summed E-state index contributed by atoms with van der Waals surface area (Å²) in [6.07, 6.45) is 0. The maximum atomic E-state index is 13.8. The second kappa shape index (κ2) is 8.93. The first kappa shape index (κ1) is 19.9. The van der Waals surface area contributed by atoms with Gasteiger partial charge in [-0.3, -0.25) is 9.59 Å². The van der Waals surface area contributed by atoms with Gasteiger partial charge in [0.05, 0.1) is 11.3 Å². The van der Waals surface area contributed by atoms with E-state index in [0.717, 1.165) is 0 Å². The third kappa shape index (κ3) is 4.93. The first-order chi connectivity index (χ1) is 14.0. The van der Waals surface area contributed by atoms with Crippen molar-refractivity contribution in [2.75, 3.05) is 11.9 Å². The van der Waals surface area contributed by atoms with Crippen molar-refractivity contribution >= 4 is 23.3 Å². The van der Waals surface area contributed by atoms with Crippen LogP contribution in [0.3, 0.4) is 0 Å². The topological polar surface area (TPSA) is 72.5 Å². The minimum Gasteiger partial charge on any atom is -0.452 e. The Balaban J connectivity index is 1.68. The third-order valence-electron chi connectivity index (χ3n) is 4.16. The van der Waals surface area contributed by atoms with E-state index in [1.165, 1.54) is 24.3 Å². The van der Waals surface area contributed by atoms with Crippen molar-refractivity contribution in [1.82, 2.24) is 0 Å². The molecule has 0 unspecified atom stereocenters. The highest BCUT2D eigenvalue weighted by molar-refractivity contribution is 6.14. The van der Waals surface area contributed by atoms with Crippen molar-refractivity contribution in [3.8, 4) is 0 Å². The standard InChI is InChI=1S/C23H18FNO4/c1-15-11-12-20(19(24)13-15)25-21(26)14-29-23(28)18-10-6-5-9-17(18)22(27)16-7-3-2-4-8-16/h2-13H,14H2,1H3,(H,25,26). The van der Waals surface area contributed by atoms with E-state index >= 15 is 0 Å². The van der Waals surface area contributed by atoms with Crippen LogP contribution in [0.1, 0.15) is 31.8 Å². The molecule has 0 saturated heterocycles. The predicted octanol–water partition coefficient (Wildman–Crippen LogP) is 4.16. The van der Waals surface area contributed by atoms with Crippen LogP contribution in [0.5, 0.6) is 0 Å². The van der Waals surface area contributed by atoms with Crippen LogP contribution < -0.4 is 5.32 Å². The van der Waals surface area contributed by atoms with Gasteiger partial charge in [-0.25, -0.2) is 9.18 Å². The molecule has 0 spiro atoms. The van der Waals surface area contributed by atoms with Crippen LogP contribution in [0.2, 0.25) is 0 Å². The molecule has 3 aromatic carbocycles. The quantitative estimate of drug-likeness (QED) is 0.506. The molecular formula is C23H18FNO4. The number of hydrogen-bond donors (Lipinski definition) is 1. The fourth-order valence-corrected chi connectivity index (χ4v) is 2.72. The Morgan fingerprint density at radius 3 is 2.24 bits per heavy atom. The van der Waals surface area contributed by atoms with Crippen molar-refractivity contribution in [2.24, 2.45) is 0 Å². The Morgan fingerprint density at radius 1 is 0.897 bits per heavy atom. The van der Waals surface area contributed by atoms with Crippen LogP contribution >= 0.6 is 0 Å². The molecule has 0 fully saturated rings. The van der Waals surface area contributed by atoms with E-state index in [2.05, 4.69) is 5.32 Å². The van der Waals surface area contributed by atoms with Gasteiger partial charge in [0.25, 0.3) is 5.91 Å². The van der Waals surface area contributed by atoms with Gasteiger partial charge in [0.1, 0.15) is 5.82 Å². The van der Waals surface area contributed by atoms with Crippen LogP contribution in [-0.2, 0) is 9.53 Å². The number of benzene rings is 3. The summed E-state index contributed by atoms with van der Waals surface area (Å²) in [5.41, 5.74) is 1.37. The molecule has 0 aliphatic heterocycles. The van der Waals surface area contributed by atoms with E-state index < -0.39 is 24.3 Å². The predicted molar refractivity (Wildman–Crippen MR) is 106 cm³/mol. The number of rotatable bonds is 6. The maximum absolute atomic E-state index is 13.8. The van der Waals surface area contributed by atoms with Crippen molar-refractivity contribution < 1.29 is 23.5 Å². The zero-order chi connectivity index (χ0) is 20.8. The van der Waals surface area contributed by atoms with Gasteiger partial charge in [0.2, 0.25) is 0 Å². The average molecular weight is 391 g/mol. The Bertz CT molecular complexity index is 1060. The molecule has 0 radical (unpaired) electrons. The molecule has 5 nitrogen and oxygen atoms in total. The summed E-state index contributed by atoms with van der Waals surface area (Å²) in [6, 6.07) is 19.1. The monoisotopic (exact) mass is 391 g/mol. The molecule has 0 bridgehead atoms. The molecule has 3 aromatic rings. The van der Waals surface area contributed by atoms with Crippen molar-refractivity contribution in [3.63, 3.8) is 0 Å². The van der Waals surface area contributed by atoms with Gasteiger partial charge < -0.3 is 10.1 Å². The molecule has 0 aromatic heterocycles. The lowest BCUT2D eigenvalue weighted by atomic mass is 9.98. The number of halogens is 1. The minimum atomic E-state index is -0.815. The molecule has 3 rings (SSSR count). The number of hydrogen-bond acceptors (Lipinski definition) is 4. The van der Waals surface area contributed by atoms with Crippen molar-refractivity contribution in [1.29, 1.82) is 0 Å². The van der Waals surface area contributed by atoms with Gasteiger partial charge in [-0.05, 0) is 30.7 Å². The Kier molecular flexibility index (Phi) is 6.14. The van der Waals surface area contributed by atoms with Gasteiger partial charge in [0, 0.05) is 11.1 Å². The van der Waals surface area contributed by atoms with Crippen LogP contribution in [0.25, 0.3) is 0 Å². The van der Waals surface area contributed by atoms with Crippen LogP contribution in [0.15, 0.2) is 72.8 Å². The largest absolute Gasteiger partial charge is 0.452 e. The average Bonchev–Trinajstić information content (AvgIpc) is 2.74. The molecule has 0 atom stereocenters. The van der Waals surface area contributed by atoms with E-state index in [0.29, 0.717) is 11.1 Å². The highest BCUT2D eigenvalue weighted by Gasteiger charge is 2.20. The lowest BCUT2D eigenvalue weighted by molar-refractivity contribution is -0.119. The molecule has 29 heavy (non-hydrogen) atoms.